The number of hydrogen-bond donors (Lipinski definition) is 2. The normalized spacial score (nSPS) is 11.9. The summed E-state index contributed by atoms with van der Waals surface area (Å²) in [5.74, 6) is 0.884. The Morgan fingerprint density at radius 3 is 2.67 bits per heavy atom. The highest BCUT2D eigenvalue weighted by molar-refractivity contribution is 7.88. The summed E-state index contributed by atoms with van der Waals surface area (Å²) in [7, 11) is -3.08. The highest BCUT2D eigenvalue weighted by Crippen LogP contribution is 2.07. The molecule has 1 aromatic rings. The molecule has 0 atom stereocenters. The fraction of sp³-hybridized carbons (Fsp3) is 0.556. The van der Waals surface area contributed by atoms with Crippen LogP contribution in [0.5, 0.6) is 0 Å². The van der Waals surface area contributed by atoms with Gasteiger partial charge >= 0.3 is 0 Å². The van der Waals surface area contributed by atoms with E-state index in [1.807, 2.05) is 13.0 Å². The molecule has 0 saturated heterocycles. The molecule has 2 N–H and O–H groups in total. The van der Waals surface area contributed by atoms with Crippen LogP contribution >= 0.6 is 0 Å². The molecule has 86 valence electrons. The number of furan rings is 1. The molecule has 0 aliphatic rings. The molecule has 5 nitrogen and oxygen atoms in total. The molecule has 0 fully saturated rings. The zero-order chi connectivity index (χ0) is 11.3. The minimum Gasteiger partial charge on any atom is -0.468 e. The van der Waals surface area contributed by atoms with E-state index in [4.69, 9.17) is 4.42 Å². The van der Waals surface area contributed by atoms with Crippen molar-refractivity contribution in [1.82, 2.24) is 10.0 Å². The lowest BCUT2D eigenvalue weighted by molar-refractivity contribution is 0.481. The van der Waals surface area contributed by atoms with Crippen molar-refractivity contribution in [3.63, 3.8) is 0 Å². The first-order chi connectivity index (χ1) is 6.99. The van der Waals surface area contributed by atoms with Gasteiger partial charge < -0.3 is 9.73 Å². The van der Waals surface area contributed by atoms with Gasteiger partial charge in [-0.15, -0.1) is 0 Å². The van der Waals surface area contributed by atoms with Gasteiger partial charge in [-0.2, -0.15) is 0 Å². The SMILES string of the molecule is Cc1ccoc1CNCCNS(C)(=O)=O. The minimum absolute atomic E-state index is 0.387. The predicted octanol–water partition coefficient (Wildman–Crippen LogP) is 0.227. The second-order valence-electron chi connectivity index (χ2n) is 3.37. The molecule has 0 aliphatic heterocycles. The third-order valence-corrected chi connectivity index (χ3v) is 2.65. The Bertz CT molecular complexity index is 397. The van der Waals surface area contributed by atoms with E-state index in [0.717, 1.165) is 17.6 Å². The fourth-order valence-electron chi connectivity index (χ4n) is 1.11. The van der Waals surface area contributed by atoms with E-state index < -0.39 is 10.0 Å². The minimum atomic E-state index is -3.08. The first-order valence-corrected chi connectivity index (χ1v) is 6.56. The van der Waals surface area contributed by atoms with Crippen molar-refractivity contribution in [1.29, 1.82) is 0 Å². The average molecular weight is 232 g/mol. The Hall–Kier alpha value is -0.850. The Morgan fingerprint density at radius 2 is 2.13 bits per heavy atom. The second-order valence-corrected chi connectivity index (χ2v) is 5.20. The van der Waals surface area contributed by atoms with Crippen molar-refractivity contribution in [3.8, 4) is 0 Å². The summed E-state index contributed by atoms with van der Waals surface area (Å²) in [6, 6.07) is 1.89. The van der Waals surface area contributed by atoms with Gasteiger partial charge in [0.25, 0.3) is 0 Å². The van der Waals surface area contributed by atoms with E-state index in [-0.39, 0.29) is 0 Å². The zero-order valence-electron chi connectivity index (χ0n) is 8.91. The summed E-state index contributed by atoms with van der Waals surface area (Å²) < 4.78 is 29.0. The Balaban J connectivity index is 2.15. The number of nitrogens with one attached hydrogen (secondary N) is 2. The monoisotopic (exact) mass is 232 g/mol. The van der Waals surface area contributed by atoms with Crippen molar-refractivity contribution >= 4 is 10.0 Å². The summed E-state index contributed by atoms with van der Waals surface area (Å²) in [4.78, 5) is 0. The number of rotatable bonds is 6. The molecule has 1 rings (SSSR count). The lowest BCUT2D eigenvalue weighted by Gasteiger charge is -2.04. The van der Waals surface area contributed by atoms with Gasteiger partial charge in [0.2, 0.25) is 10.0 Å². The van der Waals surface area contributed by atoms with E-state index in [2.05, 4.69) is 10.0 Å². The Morgan fingerprint density at radius 1 is 1.40 bits per heavy atom. The molecule has 1 aromatic heterocycles. The third kappa shape index (κ3) is 4.96. The van der Waals surface area contributed by atoms with Crippen molar-refractivity contribution in [2.24, 2.45) is 0 Å². The smallest absolute Gasteiger partial charge is 0.208 e. The van der Waals surface area contributed by atoms with Crippen LogP contribution in [0.15, 0.2) is 16.7 Å². The molecule has 0 bridgehead atoms. The van der Waals surface area contributed by atoms with Crippen molar-refractivity contribution < 1.29 is 12.8 Å². The highest BCUT2D eigenvalue weighted by Gasteiger charge is 2.01. The van der Waals surface area contributed by atoms with Gasteiger partial charge in [-0.3, -0.25) is 0 Å². The van der Waals surface area contributed by atoms with Crippen LogP contribution < -0.4 is 10.0 Å². The van der Waals surface area contributed by atoms with Gasteiger partial charge in [-0.1, -0.05) is 0 Å². The molecule has 0 aromatic carbocycles. The van der Waals surface area contributed by atoms with Crippen molar-refractivity contribution in [2.45, 2.75) is 13.5 Å². The van der Waals surface area contributed by atoms with Gasteiger partial charge in [0.15, 0.2) is 0 Å². The molecule has 0 unspecified atom stereocenters. The van der Waals surface area contributed by atoms with Gasteiger partial charge in [-0.25, -0.2) is 13.1 Å². The molecule has 0 aliphatic carbocycles. The summed E-state index contributed by atoms with van der Waals surface area (Å²) in [5, 5.41) is 3.08. The maximum atomic E-state index is 10.7. The summed E-state index contributed by atoms with van der Waals surface area (Å²) in [6.07, 6.45) is 2.78. The summed E-state index contributed by atoms with van der Waals surface area (Å²) in [5.41, 5.74) is 1.10. The van der Waals surface area contributed by atoms with Crippen LogP contribution in [0.25, 0.3) is 0 Å². The molecule has 6 heteroatoms. The van der Waals surface area contributed by atoms with E-state index in [1.54, 1.807) is 6.26 Å². The van der Waals surface area contributed by atoms with E-state index in [0.29, 0.717) is 19.6 Å². The molecule has 15 heavy (non-hydrogen) atoms. The fourth-order valence-corrected chi connectivity index (χ4v) is 1.58. The quantitative estimate of drug-likeness (QED) is 0.689. The standard InChI is InChI=1S/C9H16N2O3S/c1-8-3-6-14-9(8)7-10-4-5-11-15(2,12)13/h3,6,10-11H,4-5,7H2,1-2H3. The van der Waals surface area contributed by atoms with Gasteiger partial charge in [0.1, 0.15) is 5.76 Å². The molecular formula is C9H16N2O3S. The van der Waals surface area contributed by atoms with Crippen LogP contribution in [0, 0.1) is 6.92 Å². The number of hydrogen-bond acceptors (Lipinski definition) is 4. The summed E-state index contributed by atoms with van der Waals surface area (Å²) >= 11 is 0. The first-order valence-electron chi connectivity index (χ1n) is 4.67. The second kappa shape index (κ2) is 5.29. The van der Waals surface area contributed by atoms with Gasteiger partial charge in [-0.05, 0) is 18.6 Å². The number of sulfonamides is 1. The van der Waals surface area contributed by atoms with Crippen molar-refractivity contribution in [3.05, 3.63) is 23.7 Å². The average Bonchev–Trinajstić information content (AvgIpc) is 2.49. The van der Waals surface area contributed by atoms with Gasteiger partial charge in [0.05, 0.1) is 19.1 Å². The van der Waals surface area contributed by atoms with Crippen LogP contribution in [-0.4, -0.2) is 27.8 Å². The molecule has 0 saturated carbocycles. The Labute approximate surface area is 89.9 Å². The predicted molar refractivity (Wildman–Crippen MR) is 58.0 cm³/mol. The largest absolute Gasteiger partial charge is 0.468 e. The van der Waals surface area contributed by atoms with Crippen LogP contribution in [0.4, 0.5) is 0 Å². The van der Waals surface area contributed by atoms with Crippen LogP contribution in [0.3, 0.4) is 0 Å². The summed E-state index contributed by atoms with van der Waals surface area (Å²) in [6.45, 7) is 3.55. The van der Waals surface area contributed by atoms with Crippen LogP contribution in [-0.2, 0) is 16.6 Å². The van der Waals surface area contributed by atoms with E-state index >= 15 is 0 Å². The van der Waals surface area contributed by atoms with E-state index in [1.165, 1.54) is 0 Å². The van der Waals surface area contributed by atoms with E-state index in [9.17, 15) is 8.42 Å². The van der Waals surface area contributed by atoms with Crippen LogP contribution in [0.2, 0.25) is 0 Å². The maximum Gasteiger partial charge on any atom is 0.208 e. The Kier molecular flexibility index (Phi) is 4.31. The first kappa shape index (κ1) is 12.2. The lowest BCUT2D eigenvalue weighted by atomic mass is 10.3. The van der Waals surface area contributed by atoms with Gasteiger partial charge in [0, 0.05) is 13.1 Å². The maximum absolute atomic E-state index is 10.7. The molecule has 1 heterocycles. The molecule has 0 radical (unpaired) electrons. The highest BCUT2D eigenvalue weighted by atomic mass is 32.2. The topological polar surface area (TPSA) is 71.3 Å². The third-order valence-electron chi connectivity index (χ3n) is 1.92. The lowest BCUT2D eigenvalue weighted by Crippen LogP contribution is -2.30. The molecule has 0 spiro atoms. The number of aryl methyl sites for hydroxylation is 1. The van der Waals surface area contributed by atoms with Crippen molar-refractivity contribution in [2.75, 3.05) is 19.3 Å². The van der Waals surface area contributed by atoms with Crippen LogP contribution in [0.1, 0.15) is 11.3 Å². The molecular weight excluding hydrogens is 216 g/mol. The zero-order valence-corrected chi connectivity index (χ0v) is 9.73. The molecule has 0 amide bonds.